The van der Waals surface area contributed by atoms with Gasteiger partial charge in [0.1, 0.15) is 0 Å². The van der Waals surface area contributed by atoms with E-state index in [9.17, 15) is 0 Å². The van der Waals surface area contributed by atoms with Crippen LogP contribution in [0.25, 0.3) is 11.0 Å². The summed E-state index contributed by atoms with van der Waals surface area (Å²) in [6, 6.07) is 8.95. The van der Waals surface area contributed by atoms with Crippen LogP contribution in [0.1, 0.15) is 32.1 Å². The Kier molecular flexibility index (Phi) is 3.32. The first-order valence-electron chi connectivity index (χ1n) is 7.17. The molecular weight excluding hydrogens is 236 g/mol. The molecular formula is C15H22N4+2. The molecule has 0 unspecified atom stereocenters. The molecule has 1 heterocycles. The molecule has 0 amide bonds. The molecule has 0 aliphatic heterocycles. The van der Waals surface area contributed by atoms with Crippen molar-refractivity contribution in [2.24, 2.45) is 14.1 Å². The zero-order chi connectivity index (χ0) is 13.2. The van der Waals surface area contributed by atoms with E-state index in [-0.39, 0.29) is 0 Å². The van der Waals surface area contributed by atoms with Gasteiger partial charge >= 0.3 is 5.95 Å². The molecule has 3 rings (SSSR count). The van der Waals surface area contributed by atoms with Crippen LogP contribution in [0, 0.1) is 0 Å². The van der Waals surface area contributed by atoms with Crippen LogP contribution in [-0.2, 0) is 14.1 Å². The second-order valence-corrected chi connectivity index (χ2v) is 5.47. The monoisotopic (exact) mass is 258 g/mol. The van der Waals surface area contributed by atoms with E-state index in [2.05, 4.69) is 46.3 Å². The van der Waals surface area contributed by atoms with Crippen LogP contribution < -0.4 is 14.6 Å². The van der Waals surface area contributed by atoms with Crippen molar-refractivity contribution in [3.05, 3.63) is 24.3 Å². The minimum Gasteiger partial charge on any atom is -0.267 e. The van der Waals surface area contributed by atoms with Gasteiger partial charge in [-0.2, -0.15) is 0 Å². The molecule has 2 aromatic rings. The van der Waals surface area contributed by atoms with Crippen molar-refractivity contribution in [2.45, 2.75) is 38.1 Å². The highest BCUT2D eigenvalue weighted by atomic mass is 15.4. The summed E-state index contributed by atoms with van der Waals surface area (Å²) in [5.74, 6) is 0.966. The van der Waals surface area contributed by atoms with Gasteiger partial charge in [0.05, 0.1) is 13.1 Å². The van der Waals surface area contributed by atoms with E-state index in [1.807, 2.05) is 11.7 Å². The number of rotatable bonds is 2. The van der Waals surface area contributed by atoms with Crippen molar-refractivity contribution in [1.82, 2.24) is 5.10 Å². The van der Waals surface area contributed by atoms with E-state index in [0.29, 0.717) is 6.04 Å². The van der Waals surface area contributed by atoms with E-state index in [1.54, 1.807) is 0 Å². The average Bonchev–Trinajstić information content (AvgIpc) is 2.46. The number of hydrogen-bond donors (Lipinski definition) is 1. The summed E-state index contributed by atoms with van der Waals surface area (Å²) in [5, 5.41) is 8.28. The SMILES string of the molecule is C[n+]1nc(NC2CCCCC2)[n+](C)c2ccccc21. The summed E-state index contributed by atoms with van der Waals surface area (Å²) in [4.78, 5) is 0. The number of nitrogens with zero attached hydrogens (tertiary/aromatic N) is 3. The molecule has 1 aliphatic rings. The standard InChI is InChI=1S/C15H21N4/c1-18-13-10-6-7-11-14(13)19(2)17-15(18)16-12-8-4-3-5-9-12/h6-7,10-12H,3-5,8-9H2,1-2H3/q+1/p+1. The lowest BCUT2D eigenvalue weighted by atomic mass is 9.96. The fourth-order valence-corrected chi connectivity index (χ4v) is 2.95. The normalized spacial score (nSPS) is 16.7. The summed E-state index contributed by atoms with van der Waals surface area (Å²) in [7, 11) is 4.09. The van der Waals surface area contributed by atoms with Crippen LogP contribution in [0.3, 0.4) is 0 Å². The van der Waals surface area contributed by atoms with Crippen molar-refractivity contribution in [3.8, 4) is 0 Å². The third-order valence-electron chi connectivity index (χ3n) is 4.09. The van der Waals surface area contributed by atoms with Crippen LogP contribution in [0.4, 0.5) is 5.95 Å². The second-order valence-electron chi connectivity index (χ2n) is 5.47. The van der Waals surface area contributed by atoms with Gasteiger partial charge in [-0.05, 0) is 23.6 Å². The number of anilines is 1. The highest BCUT2D eigenvalue weighted by molar-refractivity contribution is 5.67. The van der Waals surface area contributed by atoms with Gasteiger partial charge in [0.25, 0.3) is 5.52 Å². The number of aryl methyl sites for hydroxylation is 2. The maximum atomic E-state index is 4.66. The summed E-state index contributed by atoms with van der Waals surface area (Å²) < 4.78 is 4.12. The van der Waals surface area contributed by atoms with Crippen LogP contribution >= 0.6 is 0 Å². The third kappa shape index (κ3) is 2.39. The summed E-state index contributed by atoms with van der Waals surface area (Å²) in [5.41, 5.74) is 2.36. The molecule has 4 heteroatoms. The summed E-state index contributed by atoms with van der Waals surface area (Å²) >= 11 is 0. The molecule has 100 valence electrons. The lowest BCUT2D eigenvalue weighted by molar-refractivity contribution is -0.733. The topological polar surface area (TPSA) is 32.7 Å². The van der Waals surface area contributed by atoms with Crippen LogP contribution in [-0.4, -0.2) is 11.1 Å². The number of nitrogens with one attached hydrogen (secondary N) is 1. The molecule has 0 saturated heterocycles. The van der Waals surface area contributed by atoms with Crippen LogP contribution in [0.2, 0.25) is 0 Å². The van der Waals surface area contributed by atoms with Gasteiger partial charge in [-0.15, -0.1) is 0 Å². The first kappa shape index (κ1) is 12.3. The van der Waals surface area contributed by atoms with Crippen LogP contribution in [0.15, 0.2) is 24.3 Å². The van der Waals surface area contributed by atoms with Gasteiger partial charge in [-0.3, -0.25) is 5.32 Å². The van der Waals surface area contributed by atoms with E-state index >= 15 is 0 Å². The highest BCUT2D eigenvalue weighted by Crippen LogP contribution is 2.19. The smallest absolute Gasteiger partial charge is 0.267 e. The predicted molar refractivity (Wildman–Crippen MR) is 74.6 cm³/mol. The van der Waals surface area contributed by atoms with Crippen molar-refractivity contribution < 1.29 is 9.25 Å². The molecule has 1 saturated carbocycles. The molecule has 1 aliphatic carbocycles. The van der Waals surface area contributed by atoms with E-state index in [0.717, 1.165) is 11.5 Å². The molecule has 1 N–H and O–H groups in total. The van der Waals surface area contributed by atoms with Gasteiger partial charge in [0.15, 0.2) is 17.7 Å². The molecule has 0 bridgehead atoms. The molecule has 0 spiro atoms. The highest BCUT2D eigenvalue weighted by Gasteiger charge is 2.25. The van der Waals surface area contributed by atoms with E-state index < -0.39 is 0 Å². The molecule has 0 radical (unpaired) electrons. The fourth-order valence-electron chi connectivity index (χ4n) is 2.95. The Morgan fingerprint density at radius 3 is 2.47 bits per heavy atom. The lowest BCUT2D eigenvalue weighted by Crippen LogP contribution is -2.47. The predicted octanol–water partition coefficient (Wildman–Crippen LogP) is 1.63. The van der Waals surface area contributed by atoms with Crippen LogP contribution in [0.5, 0.6) is 0 Å². The van der Waals surface area contributed by atoms with E-state index in [1.165, 1.54) is 37.6 Å². The Morgan fingerprint density at radius 1 is 1.05 bits per heavy atom. The van der Waals surface area contributed by atoms with Gasteiger partial charge in [-0.25, -0.2) is 4.57 Å². The number of fused-ring (bicyclic) bond motifs is 1. The van der Waals surface area contributed by atoms with Crippen molar-refractivity contribution >= 4 is 17.0 Å². The van der Waals surface area contributed by atoms with Crippen molar-refractivity contribution in [1.29, 1.82) is 0 Å². The molecule has 4 nitrogen and oxygen atoms in total. The molecule has 1 aromatic carbocycles. The van der Waals surface area contributed by atoms with Gasteiger partial charge in [-0.1, -0.05) is 31.4 Å². The second kappa shape index (κ2) is 5.11. The maximum absolute atomic E-state index is 4.66. The number of aromatic nitrogens is 3. The first-order valence-corrected chi connectivity index (χ1v) is 7.17. The summed E-state index contributed by atoms with van der Waals surface area (Å²) in [6.07, 6.45) is 6.57. The Hall–Kier alpha value is -1.71. The molecule has 0 atom stereocenters. The zero-order valence-corrected chi connectivity index (χ0v) is 11.8. The quantitative estimate of drug-likeness (QED) is 0.830. The summed E-state index contributed by atoms with van der Waals surface area (Å²) in [6.45, 7) is 0. The Labute approximate surface area is 114 Å². The minimum absolute atomic E-state index is 0.577. The van der Waals surface area contributed by atoms with Crippen molar-refractivity contribution in [3.63, 3.8) is 0 Å². The molecule has 1 aromatic heterocycles. The Bertz CT molecular complexity index is 588. The Morgan fingerprint density at radius 2 is 1.74 bits per heavy atom. The Balaban J connectivity index is 1.97. The average molecular weight is 258 g/mol. The molecule has 1 fully saturated rings. The first-order chi connectivity index (χ1) is 9.25. The van der Waals surface area contributed by atoms with Gasteiger partial charge < -0.3 is 0 Å². The number of benzene rings is 1. The maximum Gasteiger partial charge on any atom is 0.458 e. The fraction of sp³-hybridized carbons (Fsp3) is 0.533. The lowest BCUT2D eigenvalue weighted by Gasteiger charge is -2.19. The van der Waals surface area contributed by atoms with Crippen molar-refractivity contribution in [2.75, 3.05) is 5.32 Å². The van der Waals surface area contributed by atoms with Gasteiger partial charge in [0, 0.05) is 6.07 Å². The largest absolute Gasteiger partial charge is 0.458 e. The number of para-hydroxylation sites is 2. The van der Waals surface area contributed by atoms with Gasteiger partial charge in [0.2, 0.25) is 0 Å². The number of hydrogen-bond acceptors (Lipinski definition) is 2. The minimum atomic E-state index is 0.577. The zero-order valence-electron chi connectivity index (χ0n) is 11.8. The third-order valence-corrected chi connectivity index (χ3v) is 4.09. The molecule has 19 heavy (non-hydrogen) atoms. The van der Waals surface area contributed by atoms with E-state index in [4.69, 9.17) is 0 Å².